The van der Waals surface area contributed by atoms with Crippen LogP contribution in [0.15, 0.2) is 27.5 Å². The number of carbonyl (C=O) groups is 1. The molecule has 0 N–H and O–H groups in total. The molecule has 2 aromatic rings. The van der Waals surface area contributed by atoms with Crippen molar-refractivity contribution in [2.24, 2.45) is 0 Å². The van der Waals surface area contributed by atoms with Crippen LogP contribution in [-0.2, 0) is 11.3 Å². The topological polar surface area (TPSA) is 81.6 Å². The maximum atomic E-state index is 12.3. The third-order valence-electron chi connectivity index (χ3n) is 4.30. The van der Waals surface area contributed by atoms with Gasteiger partial charge < -0.3 is 18.6 Å². The van der Waals surface area contributed by atoms with Gasteiger partial charge in [0.15, 0.2) is 5.82 Å². The van der Waals surface area contributed by atoms with Gasteiger partial charge in [-0.25, -0.2) is 0 Å². The number of hydrogen-bond donors (Lipinski definition) is 0. The van der Waals surface area contributed by atoms with Crippen molar-refractivity contribution in [1.29, 1.82) is 0 Å². The fourth-order valence-corrected chi connectivity index (χ4v) is 2.85. The monoisotopic (exact) mass is 317 g/mol. The molecule has 23 heavy (non-hydrogen) atoms. The first-order valence-corrected chi connectivity index (χ1v) is 8.05. The van der Waals surface area contributed by atoms with Crippen molar-refractivity contribution < 1.29 is 18.5 Å². The van der Waals surface area contributed by atoms with Crippen LogP contribution in [0.5, 0.6) is 0 Å². The van der Waals surface area contributed by atoms with Crippen molar-refractivity contribution >= 4 is 5.91 Å². The minimum Gasteiger partial charge on any atom is -0.472 e. The van der Waals surface area contributed by atoms with Crippen LogP contribution in [0.2, 0.25) is 0 Å². The van der Waals surface area contributed by atoms with E-state index in [1.807, 2.05) is 4.90 Å². The second-order valence-corrected chi connectivity index (χ2v) is 6.16. The maximum absolute atomic E-state index is 12.3. The molecule has 1 aliphatic heterocycles. The number of furan rings is 1. The number of ether oxygens (including phenoxy) is 1. The summed E-state index contributed by atoms with van der Waals surface area (Å²) in [5, 5.41) is 3.98. The molecule has 1 aliphatic carbocycles. The molecule has 1 saturated heterocycles. The fourth-order valence-electron chi connectivity index (χ4n) is 2.85. The molecule has 0 radical (unpaired) electrons. The lowest BCUT2D eigenvalue weighted by molar-refractivity contribution is -0.0153. The zero-order valence-electron chi connectivity index (χ0n) is 12.8. The first kappa shape index (κ1) is 14.4. The van der Waals surface area contributed by atoms with E-state index in [-0.39, 0.29) is 12.0 Å². The quantitative estimate of drug-likeness (QED) is 0.842. The molecule has 4 rings (SSSR count). The molecule has 0 unspecified atom stereocenters. The molecule has 0 spiro atoms. The highest BCUT2D eigenvalue weighted by atomic mass is 16.5. The highest BCUT2D eigenvalue weighted by molar-refractivity contribution is 5.93. The Kier molecular flexibility index (Phi) is 3.87. The molecule has 3 heterocycles. The predicted molar refractivity (Wildman–Crippen MR) is 78.7 cm³/mol. The summed E-state index contributed by atoms with van der Waals surface area (Å²) < 4.78 is 16.1. The summed E-state index contributed by atoms with van der Waals surface area (Å²) in [5.41, 5.74) is 0.580. The highest BCUT2D eigenvalue weighted by Gasteiger charge is 2.29. The first-order valence-electron chi connectivity index (χ1n) is 8.05. The number of nitrogens with zero attached hydrogens (tertiary/aromatic N) is 3. The van der Waals surface area contributed by atoms with Crippen molar-refractivity contribution in [2.75, 3.05) is 13.1 Å². The van der Waals surface area contributed by atoms with Gasteiger partial charge in [-0.3, -0.25) is 4.79 Å². The van der Waals surface area contributed by atoms with Crippen molar-refractivity contribution in [3.63, 3.8) is 0 Å². The second-order valence-electron chi connectivity index (χ2n) is 6.16. The Hall–Kier alpha value is -2.15. The number of likely N-dealkylation sites (tertiary alicyclic amines) is 1. The zero-order valence-corrected chi connectivity index (χ0v) is 12.8. The minimum absolute atomic E-state index is 0.00382. The van der Waals surface area contributed by atoms with E-state index in [4.69, 9.17) is 13.7 Å². The average Bonchev–Trinajstić information content (AvgIpc) is 3.11. The number of carbonyl (C=O) groups excluding carboxylic acids is 1. The Morgan fingerprint density at radius 2 is 2.30 bits per heavy atom. The summed E-state index contributed by atoms with van der Waals surface area (Å²) in [7, 11) is 0. The first-order chi connectivity index (χ1) is 11.3. The Morgan fingerprint density at radius 3 is 3.09 bits per heavy atom. The van der Waals surface area contributed by atoms with E-state index in [0.29, 0.717) is 30.5 Å². The van der Waals surface area contributed by atoms with E-state index in [0.717, 1.165) is 38.1 Å². The molecule has 2 aromatic heterocycles. The summed E-state index contributed by atoms with van der Waals surface area (Å²) in [6.07, 6.45) is 7.13. The largest absolute Gasteiger partial charge is 0.472 e. The molecule has 1 saturated carbocycles. The lowest BCUT2D eigenvalue weighted by Gasteiger charge is -2.32. The van der Waals surface area contributed by atoms with Gasteiger partial charge in [0, 0.05) is 19.0 Å². The molecule has 1 atom stereocenters. The van der Waals surface area contributed by atoms with Crippen LogP contribution in [0.1, 0.15) is 53.7 Å². The van der Waals surface area contributed by atoms with Crippen LogP contribution in [0.4, 0.5) is 0 Å². The van der Waals surface area contributed by atoms with E-state index in [9.17, 15) is 4.79 Å². The van der Waals surface area contributed by atoms with E-state index in [1.54, 1.807) is 6.07 Å². The molecule has 0 aromatic carbocycles. The smallest absolute Gasteiger partial charge is 0.257 e. The minimum atomic E-state index is -0.0131. The number of aromatic nitrogens is 2. The van der Waals surface area contributed by atoms with E-state index in [2.05, 4.69) is 10.1 Å². The Balaban J connectivity index is 1.31. The van der Waals surface area contributed by atoms with Gasteiger partial charge in [-0.05, 0) is 31.7 Å². The summed E-state index contributed by atoms with van der Waals surface area (Å²) in [4.78, 5) is 18.5. The molecule has 1 amide bonds. The predicted octanol–water partition coefficient (Wildman–Crippen LogP) is 2.36. The molecule has 2 aliphatic rings. The molecular formula is C16H19N3O4. The van der Waals surface area contributed by atoms with Crippen LogP contribution in [-0.4, -0.2) is 40.1 Å². The van der Waals surface area contributed by atoms with Gasteiger partial charge in [-0.1, -0.05) is 5.16 Å². The van der Waals surface area contributed by atoms with Crippen molar-refractivity contribution in [3.05, 3.63) is 35.9 Å². The third kappa shape index (κ3) is 3.29. The van der Waals surface area contributed by atoms with Gasteiger partial charge in [-0.15, -0.1) is 0 Å². The van der Waals surface area contributed by atoms with E-state index < -0.39 is 0 Å². The Morgan fingerprint density at radius 1 is 1.39 bits per heavy atom. The van der Waals surface area contributed by atoms with Crippen LogP contribution < -0.4 is 0 Å². The second kappa shape index (κ2) is 6.16. The van der Waals surface area contributed by atoms with Gasteiger partial charge in [-0.2, -0.15) is 4.98 Å². The Labute approximate surface area is 133 Å². The third-order valence-corrected chi connectivity index (χ3v) is 4.30. The van der Waals surface area contributed by atoms with E-state index in [1.165, 1.54) is 12.5 Å². The summed E-state index contributed by atoms with van der Waals surface area (Å²) in [6.45, 7) is 1.63. The van der Waals surface area contributed by atoms with Crippen molar-refractivity contribution in [3.8, 4) is 0 Å². The molecular weight excluding hydrogens is 298 g/mol. The number of hydrogen-bond acceptors (Lipinski definition) is 6. The fraction of sp³-hybridized carbons (Fsp3) is 0.562. The summed E-state index contributed by atoms with van der Waals surface area (Å²) in [6, 6.07) is 1.69. The van der Waals surface area contributed by atoms with Crippen LogP contribution in [0.3, 0.4) is 0 Å². The van der Waals surface area contributed by atoms with Crippen LogP contribution >= 0.6 is 0 Å². The lowest BCUT2D eigenvalue weighted by Crippen LogP contribution is -2.43. The molecule has 0 bridgehead atoms. The Bertz CT molecular complexity index is 663. The van der Waals surface area contributed by atoms with Gasteiger partial charge in [0.05, 0.1) is 17.9 Å². The van der Waals surface area contributed by atoms with Crippen LogP contribution in [0, 0.1) is 0 Å². The summed E-state index contributed by atoms with van der Waals surface area (Å²) in [5.74, 6) is 1.78. The van der Waals surface area contributed by atoms with E-state index >= 15 is 0 Å². The SMILES string of the molecule is O=C(c1ccoc1)N1CCC[C@H](OCc2nc(C3CC3)no2)C1. The van der Waals surface area contributed by atoms with Gasteiger partial charge >= 0.3 is 0 Å². The van der Waals surface area contributed by atoms with Crippen molar-refractivity contribution in [1.82, 2.24) is 15.0 Å². The highest BCUT2D eigenvalue weighted by Crippen LogP contribution is 2.38. The normalized spacial score (nSPS) is 21.6. The number of amides is 1. The van der Waals surface area contributed by atoms with Crippen LogP contribution in [0.25, 0.3) is 0 Å². The van der Waals surface area contributed by atoms with Crippen molar-refractivity contribution in [2.45, 2.75) is 44.3 Å². The van der Waals surface area contributed by atoms with Gasteiger partial charge in [0.1, 0.15) is 12.9 Å². The zero-order chi connectivity index (χ0) is 15.6. The van der Waals surface area contributed by atoms with Gasteiger partial charge in [0.25, 0.3) is 11.8 Å². The summed E-state index contributed by atoms with van der Waals surface area (Å²) >= 11 is 0. The standard InChI is InChI=1S/C16H19N3O4/c20-16(12-5-7-21-9-12)19-6-1-2-13(8-19)22-10-14-17-15(18-23-14)11-3-4-11/h5,7,9,11,13H,1-4,6,8,10H2/t13-/m0/s1. The molecule has 7 heteroatoms. The maximum Gasteiger partial charge on any atom is 0.257 e. The molecule has 7 nitrogen and oxygen atoms in total. The molecule has 122 valence electrons. The molecule has 2 fully saturated rings. The number of piperidine rings is 1. The average molecular weight is 317 g/mol. The lowest BCUT2D eigenvalue weighted by atomic mass is 10.1. The van der Waals surface area contributed by atoms with Gasteiger partial charge in [0.2, 0.25) is 0 Å². The number of rotatable bonds is 5.